The van der Waals surface area contributed by atoms with Crippen LogP contribution >= 0.6 is 11.6 Å². The second-order valence-electron chi connectivity index (χ2n) is 9.22. The van der Waals surface area contributed by atoms with E-state index in [1.54, 1.807) is 12.1 Å². The molecule has 3 aromatic rings. The van der Waals surface area contributed by atoms with Gasteiger partial charge in [0.1, 0.15) is 29.8 Å². The van der Waals surface area contributed by atoms with E-state index in [2.05, 4.69) is 20.2 Å². The fourth-order valence-corrected chi connectivity index (χ4v) is 4.66. The van der Waals surface area contributed by atoms with Crippen molar-refractivity contribution in [1.29, 1.82) is 0 Å². The van der Waals surface area contributed by atoms with Crippen molar-refractivity contribution >= 4 is 39.8 Å². The van der Waals surface area contributed by atoms with E-state index in [4.69, 9.17) is 21.1 Å². The summed E-state index contributed by atoms with van der Waals surface area (Å²) < 4.78 is 25.3. The van der Waals surface area contributed by atoms with E-state index in [1.165, 1.54) is 18.5 Å². The van der Waals surface area contributed by atoms with Gasteiger partial charge in [0.25, 0.3) is 0 Å². The van der Waals surface area contributed by atoms with E-state index < -0.39 is 5.82 Å². The smallest absolute Gasteiger partial charge is 0.159 e. The number of aromatic nitrogens is 2. The summed E-state index contributed by atoms with van der Waals surface area (Å²) in [4.78, 5) is 23.8. The predicted octanol–water partition coefficient (Wildman–Crippen LogP) is 4.07. The number of benzene rings is 2. The molecule has 2 atom stereocenters. The Morgan fingerprint density at radius 3 is 2.92 bits per heavy atom. The van der Waals surface area contributed by atoms with Crippen LogP contribution in [0, 0.1) is 5.82 Å². The van der Waals surface area contributed by atoms with Crippen LogP contribution in [0.3, 0.4) is 0 Å². The molecule has 0 bridgehead atoms. The molecule has 2 fully saturated rings. The van der Waals surface area contributed by atoms with Crippen LogP contribution in [-0.2, 0) is 16.0 Å². The lowest BCUT2D eigenvalue weighted by atomic mass is 10.0. The molecule has 3 heterocycles. The molecule has 5 rings (SSSR count). The molecule has 0 saturated carbocycles. The van der Waals surface area contributed by atoms with E-state index in [0.717, 1.165) is 19.4 Å². The number of fused-ring (bicyclic) bond motifs is 1. The third-order valence-electron chi connectivity index (χ3n) is 6.67. The van der Waals surface area contributed by atoms with Gasteiger partial charge in [-0.1, -0.05) is 17.7 Å². The van der Waals surface area contributed by atoms with E-state index >= 15 is 0 Å². The number of hydrogen-bond donors (Lipinski definition) is 2. The summed E-state index contributed by atoms with van der Waals surface area (Å²) in [6.45, 7) is 2.81. The van der Waals surface area contributed by atoms with E-state index in [9.17, 15) is 14.3 Å². The zero-order valence-electron chi connectivity index (χ0n) is 20.2. The molecule has 2 N–H and O–H groups in total. The maximum absolute atomic E-state index is 13.6. The summed E-state index contributed by atoms with van der Waals surface area (Å²) in [6.07, 6.45) is 6.64. The summed E-state index contributed by atoms with van der Waals surface area (Å²) in [5.41, 5.74) is 1.92. The molecular formula is C27H28ClFN4O4. The van der Waals surface area contributed by atoms with Crippen molar-refractivity contribution < 1.29 is 23.8 Å². The monoisotopic (exact) mass is 526 g/mol. The normalized spacial score (nSPS) is 19.9. The van der Waals surface area contributed by atoms with Gasteiger partial charge in [-0.2, -0.15) is 0 Å². The maximum Gasteiger partial charge on any atom is 0.159 e. The van der Waals surface area contributed by atoms with E-state index in [-0.39, 0.29) is 36.0 Å². The van der Waals surface area contributed by atoms with Crippen molar-refractivity contribution in [1.82, 2.24) is 14.9 Å². The Morgan fingerprint density at radius 2 is 2.19 bits per heavy atom. The minimum atomic E-state index is -0.507. The lowest BCUT2D eigenvalue weighted by Gasteiger charge is -2.39. The van der Waals surface area contributed by atoms with Crippen LogP contribution in [0.5, 0.6) is 5.75 Å². The van der Waals surface area contributed by atoms with Crippen LogP contribution in [0.2, 0.25) is 5.02 Å². The minimum Gasteiger partial charge on any atom is -0.488 e. The first-order valence-corrected chi connectivity index (χ1v) is 12.7. The molecule has 2 aliphatic rings. The number of nitrogens with zero attached hydrogens (tertiary/aromatic N) is 3. The summed E-state index contributed by atoms with van der Waals surface area (Å²) in [5.74, 6) is 0.514. The minimum absolute atomic E-state index is 0.000519. The zero-order valence-corrected chi connectivity index (χ0v) is 21.0. The molecule has 10 heteroatoms. The van der Waals surface area contributed by atoms with Crippen LogP contribution < -0.4 is 10.1 Å². The lowest BCUT2D eigenvalue weighted by Crippen LogP contribution is -2.49. The first kappa shape index (κ1) is 25.5. The number of anilines is 2. The molecule has 1 aromatic heterocycles. The van der Waals surface area contributed by atoms with Crippen molar-refractivity contribution in [3.8, 4) is 5.75 Å². The number of nitrogens with one attached hydrogen (secondary N) is 1. The molecule has 37 heavy (non-hydrogen) atoms. The number of halogens is 2. The number of aliphatic hydroxyl groups excluding tert-OH is 1. The summed E-state index contributed by atoms with van der Waals surface area (Å²) in [5, 5.41) is 13.2. The second kappa shape index (κ2) is 11.5. The molecule has 0 spiro atoms. The summed E-state index contributed by atoms with van der Waals surface area (Å²) in [7, 11) is 0. The Hall–Kier alpha value is -3.11. The highest BCUT2D eigenvalue weighted by molar-refractivity contribution is 6.31. The quantitative estimate of drug-likeness (QED) is 0.382. The predicted molar refractivity (Wildman–Crippen MR) is 139 cm³/mol. The van der Waals surface area contributed by atoms with Gasteiger partial charge in [-0.05, 0) is 36.8 Å². The molecular weight excluding hydrogens is 499 g/mol. The number of likely N-dealkylation sites (tertiary alicyclic amines) is 1. The number of ketones is 1. The van der Waals surface area contributed by atoms with Crippen LogP contribution in [0.15, 0.2) is 48.8 Å². The number of carbonyl (C=O) groups is 1. The average molecular weight is 527 g/mol. The molecule has 2 aliphatic heterocycles. The van der Waals surface area contributed by atoms with Crippen molar-refractivity contribution in [3.63, 3.8) is 0 Å². The first-order valence-electron chi connectivity index (χ1n) is 12.3. The Bertz CT molecular complexity index is 1310. The van der Waals surface area contributed by atoms with Crippen molar-refractivity contribution in [2.75, 3.05) is 38.2 Å². The highest BCUT2D eigenvalue weighted by Crippen LogP contribution is 2.32. The highest BCUT2D eigenvalue weighted by atomic mass is 35.5. The van der Waals surface area contributed by atoms with Gasteiger partial charge < -0.3 is 19.9 Å². The Balaban J connectivity index is 1.41. The van der Waals surface area contributed by atoms with Gasteiger partial charge in [-0.15, -0.1) is 0 Å². The fourth-order valence-electron chi connectivity index (χ4n) is 4.48. The number of carbonyl (C=O) groups excluding carboxylic acids is 1. The van der Waals surface area contributed by atoms with Gasteiger partial charge in [-0.25, -0.2) is 14.4 Å². The molecule has 1 unspecified atom stereocenters. The number of ether oxygens (including phenoxy) is 2. The van der Waals surface area contributed by atoms with Crippen molar-refractivity contribution in [3.05, 3.63) is 65.2 Å². The van der Waals surface area contributed by atoms with Crippen LogP contribution in [0.25, 0.3) is 10.9 Å². The van der Waals surface area contributed by atoms with Crippen LogP contribution in [0.4, 0.5) is 15.9 Å². The van der Waals surface area contributed by atoms with E-state index in [1.807, 2.05) is 18.2 Å². The zero-order chi connectivity index (χ0) is 25.8. The van der Waals surface area contributed by atoms with Crippen LogP contribution in [-0.4, -0.2) is 70.8 Å². The third kappa shape index (κ3) is 6.07. The Kier molecular flexibility index (Phi) is 7.95. The largest absolute Gasteiger partial charge is 0.488 e. The molecule has 2 aromatic carbocycles. The second-order valence-corrected chi connectivity index (χ2v) is 9.63. The molecule has 2 saturated heterocycles. The molecule has 0 aliphatic carbocycles. The van der Waals surface area contributed by atoms with Gasteiger partial charge in [-0.3, -0.25) is 9.69 Å². The average Bonchev–Trinajstić information content (AvgIpc) is 3.37. The van der Waals surface area contributed by atoms with Gasteiger partial charge in [0.05, 0.1) is 30.4 Å². The van der Waals surface area contributed by atoms with Crippen LogP contribution in [0.1, 0.15) is 18.4 Å². The molecule has 194 valence electrons. The van der Waals surface area contributed by atoms with Gasteiger partial charge >= 0.3 is 0 Å². The van der Waals surface area contributed by atoms with Gasteiger partial charge in [0.2, 0.25) is 0 Å². The number of allylic oxidation sites excluding steroid dienone is 1. The standard InChI is InChI=1S/C27H28ClFN4O4/c28-23-12-18(3-4-24(23)29)32-27-22-11-17(10-20(35)2-1-7-33-8-5-19(33)14-34)26(13-25(22)30-16-31-27)37-21-6-9-36-15-21/h1-4,11-13,16,19,21,34H,5-10,14-15H2,(H,30,31,32)/b2-1+/t19?,21-/m0/s1. The first-order chi connectivity index (χ1) is 18.0. The topological polar surface area (TPSA) is 96.8 Å². The molecule has 0 radical (unpaired) electrons. The third-order valence-corrected chi connectivity index (χ3v) is 6.96. The van der Waals surface area contributed by atoms with Crippen molar-refractivity contribution in [2.45, 2.75) is 31.4 Å². The molecule has 0 amide bonds. The van der Waals surface area contributed by atoms with Gasteiger partial charge in [0.15, 0.2) is 5.78 Å². The maximum atomic E-state index is 13.6. The summed E-state index contributed by atoms with van der Waals surface area (Å²) >= 11 is 5.94. The Labute approximate surface area is 219 Å². The lowest BCUT2D eigenvalue weighted by molar-refractivity contribution is -0.114. The Morgan fingerprint density at radius 1 is 1.30 bits per heavy atom. The number of hydrogen-bond acceptors (Lipinski definition) is 8. The van der Waals surface area contributed by atoms with Crippen molar-refractivity contribution in [2.24, 2.45) is 0 Å². The fraction of sp³-hybridized carbons (Fsp3) is 0.370. The van der Waals surface area contributed by atoms with E-state index in [0.29, 0.717) is 53.5 Å². The summed E-state index contributed by atoms with van der Waals surface area (Å²) in [6, 6.07) is 8.19. The number of aliphatic hydroxyl groups is 1. The molecule has 8 nitrogen and oxygen atoms in total. The SMILES string of the molecule is O=C(/C=C/CN1CCC1CO)Cc1cc2c(Nc3ccc(F)c(Cl)c3)ncnc2cc1O[C@H]1CCOC1. The highest BCUT2D eigenvalue weighted by Gasteiger charge is 2.25. The number of rotatable bonds is 10. The van der Waals surface area contributed by atoms with Gasteiger partial charge in [0, 0.05) is 54.7 Å².